The molecule has 0 saturated heterocycles. The summed E-state index contributed by atoms with van der Waals surface area (Å²) in [6.45, 7) is -0.0813. The molecule has 0 aromatic heterocycles. The van der Waals surface area contributed by atoms with Crippen molar-refractivity contribution in [2.45, 2.75) is 12.8 Å². The van der Waals surface area contributed by atoms with Gasteiger partial charge in [-0.25, -0.2) is 0 Å². The minimum Gasteiger partial charge on any atom is -0.465 e. The second-order valence-electron chi connectivity index (χ2n) is 5.19. The molecule has 0 fully saturated rings. The molecular formula is C17H16Cl2N2O5. The van der Waals surface area contributed by atoms with Crippen molar-refractivity contribution in [1.29, 1.82) is 0 Å². The Morgan fingerprint density at radius 1 is 1.08 bits per heavy atom. The quantitative estimate of drug-likeness (QED) is 0.291. The molecule has 2 aromatic rings. The Hall–Kier alpha value is -2.51. The van der Waals surface area contributed by atoms with Crippen LogP contribution in [0, 0.1) is 10.1 Å². The summed E-state index contributed by atoms with van der Waals surface area (Å²) in [6.07, 6.45) is 0.267. The average Bonchev–Trinajstić information content (AvgIpc) is 2.59. The molecule has 0 radical (unpaired) electrons. The summed E-state index contributed by atoms with van der Waals surface area (Å²) in [5, 5.41) is 13.2. The lowest BCUT2D eigenvalue weighted by molar-refractivity contribution is -0.757. The maximum atomic E-state index is 12.0. The third-order valence-corrected chi connectivity index (χ3v) is 3.95. The van der Waals surface area contributed by atoms with Crippen LogP contribution in [0.2, 0.25) is 10.0 Å². The number of anilines is 2. The van der Waals surface area contributed by atoms with E-state index in [2.05, 4.69) is 10.2 Å². The molecule has 2 rings (SSSR count). The van der Waals surface area contributed by atoms with E-state index in [1.165, 1.54) is 0 Å². The molecule has 0 aliphatic heterocycles. The highest BCUT2D eigenvalue weighted by Crippen LogP contribution is 2.33. The van der Waals surface area contributed by atoms with Crippen molar-refractivity contribution in [2.75, 3.05) is 18.5 Å². The van der Waals surface area contributed by atoms with Gasteiger partial charge in [-0.15, -0.1) is 10.1 Å². The number of carbonyl (C=O) groups is 1. The van der Waals surface area contributed by atoms with Gasteiger partial charge in [-0.1, -0.05) is 47.5 Å². The monoisotopic (exact) mass is 398 g/mol. The number of ether oxygens (including phenoxy) is 1. The maximum absolute atomic E-state index is 12.0. The van der Waals surface area contributed by atoms with Gasteiger partial charge in [-0.05, 0) is 23.8 Å². The predicted octanol–water partition coefficient (Wildman–Crippen LogP) is 4.42. The van der Waals surface area contributed by atoms with Gasteiger partial charge in [0.1, 0.15) is 0 Å². The van der Waals surface area contributed by atoms with E-state index in [0.29, 0.717) is 27.0 Å². The van der Waals surface area contributed by atoms with Crippen molar-refractivity contribution in [2.24, 2.45) is 0 Å². The molecule has 138 valence electrons. The van der Waals surface area contributed by atoms with Crippen LogP contribution in [0.4, 0.5) is 11.4 Å². The molecule has 26 heavy (non-hydrogen) atoms. The van der Waals surface area contributed by atoms with Gasteiger partial charge in [0.15, 0.2) is 0 Å². The number of hydrogen-bond acceptors (Lipinski definition) is 6. The van der Waals surface area contributed by atoms with Crippen molar-refractivity contribution in [3.05, 3.63) is 68.2 Å². The highest BCUT2D eigenvalue weighted by Gasteiger charge is 2.12. The lowest BCUT2D eigenvalue weighted by Gasteiger charge is -2.14. The number of para-hydroxylation sites is 2. The van der Waals surface area contributed by atoms with Gasteiger partial charge in [-0.2, -0.15) is 0 Å². The summed E-state index contributed by atoms with van der Waals surface area (Å²) in [5.74, 6) is -0.453. The Bertz CT molecular complexity index is 765. The Kier molecular flexibility index (Phi) is 7.50. The molecule has 9 heteroatoms. The highest BCUT2D eigenvalue weighted by molar-refractivity contribution is 6.39. The molecule has 0 saturated carbocycles. The van der Waals surface area contributed by atoms with E-state index in [-0.39, 0.29) is 26.1 Å². The van der Waals surface area contributed by atoms with E-state index in [1.807, 2.05) is 6.07 Å². The van der Waals surface area contributed by atoms with E-state index in [9.17, 15) is 14.9 Å². The van der Waals surface area contributed by atoms with E-state index in [4.69, 9.17) is 27.9 Å². The maximum Gasteiger partial charge on any atom is 0.310 e. The SMILES string of the molecule is O=C(Cc1ccccc1Nc1c(Cl)cccc1Cl)OCCCO[N+](=O)[O-]. The lowest BCUT2D eigenvalue weighted by atomic mass is 10.1. The molecule has 1 N–H and O–H groups in total. The number of esters is 1. The van der Waals surface area contributed by atoms with Crippen molar-refractivity contribution >= 4 is 40.5 Å². The lowest BCUT2D eigenvalue weighted by Crippen LogP contribution is -2.12. The third kappa shape index (κ3) is 6.09. The largest absolute Gasteiger partial charge is 0.465 e. The summed E-state index contributed by atoms with van der Waals surface area (Å²) in [5.41, 5.74) is 1.93. The zero-order chi connectivity index (χ0) is 18.9. The predicted molar refractivity (Wildman–Crippen MR) is 98.4 cm³/mol. The summed E-state index contributed by atoms with van der Waals surface area (Å²) in [7, 11) is 0. The number of halogens is 2. The zero-order valence-electron chi connectivity index (χ0n) is 13.6. The standard InChI is InChI=1S/C17H16Cl2N2O5/c18-13-6-3-7-14(19)17(13)20-15-8-2-1-5-12(15)11-16(22)25-9-4-10-26-21(23)24/h1-3,5-8,20H,4,9-11H2. The normalized spacial score (nSPS) is 10.2. The van der Waals surface area contributed by atoms with Gasteiger partial charge in [0.2, 0.25) is 0 Å². The minimum atomic E-state index is -0.885. The summed E-state index contributed by atoms with van der Waals surface area (Å²) >= 11 is 12.3. The molecule has 0 amide bonds. The smallest absolute Gasteiger partial charge is 0.310 e. The first-order valence-corrected chi connectivity index (χ1v) is 8.45. The van der Waals surface area contributed by atoms with Crippen LogP contribution in [0.25, 0.3) is 0 Å². The fraction of sp³-hybridized carbons (Fsp3) is 0.235. The number of nitrogens with zero attached hydrogens (tertiary/aromatic N) is 1. The van der Waals surface area contributed by atoms with E-state index in [0.717, 1.165) is 0 Å². The molecular weight excluding hydrogens is 383 g/mol. The van der Waals surface area contributed by atoms with Crippen LogP contribution >= 0.6 is 23.2 Å². The third-order valence-electron chi connectivity index (χ3n) is 3.32. The summed E-state index contributed by atoms with van der Waals surface area (Å²) in [4.78, 5) is 26.1. The van der Waals surface area contributed by atoms with Crippen LogP contribution < -0.4 is 5.32 Å². The topological polar surface area (TPSA) is 90.7 Å². The van der Waals surface area contributed by atoms with Crippen LogP contribution in [0.1, 0.15) is 12.0 Å². The van der Waals surface area contributed by atoms with Crippen molar-refractivity contribution in [3.8, 4) is 0 Å². The molecule has 0 aliphatic rings. The molecule has 0 unspecified atom stereocenters. The van der Waals surface area contributed by atoms with Crippen LogP contribution in [-0.2, 0) is 20.8 Å². The van der Waals surface area contributed by atoms with Crippen LogP contribution in [0.15, 0.2) is 42.5 Å². The highest BCUT2D eigenvalue weighted by atomic mass is 35.5. The molecule has 2 aromatic carbocycles. The van der Waals surface area contributed by atoms with Crippen LogP contribution in [-0.4, -0.2) is 24.3 Å². The van der Waals surface area contributed by atoms with E-state index < -0.39 is 11.1 Å². The van der Waals surface area contributed by atoms with Gasteiger partial charge in [-0.3, -0.25) is 4.79 Å². The van der Waals surface area contributed by atoms with Crippen LogP contribution in [0.3, 0.4) is 0 Å². The number of carbonyl (C=O) groups excluding carboxylic acids is 1. The van der Waals surface area contributed by atoms with Gasteiger partial charge in [0, 0.05) is 12.1 Å². The van der Waals surface area contributed by atoms with Gasteiger partial charge in [0.05, 0.1) is 35.4 Å². The van der Waals surface area contributed by atoms with Crippen molar-refractivity contribution in [1.82, 2.24) is 0 Å². The van der Waals surface area contributed by atoms with Crippen molar-refractivity contribution < 1.29 is 19.5 Å². The van der Waals surface area contributed by atoms with Gasteiger partial charge < -0.3 is 14.9 Å². The number of benzene rings is 2. The average molecular weight is 399 g/mol. The van der Waals surface area contributed by atoms with Crippen molar-refractivity contribution in [3.63, 3.8) is 0 Å². The fourth-order valence-electron chi connectivity index (χ4n) is 2.14. The first-order valence-electron chi connectivity index (χ1n) is 7.69. The summed E-state index contributed by atoms with van der Waals surface area (Å²) < 4.78 is 5.06. The molecule has 0 aliphatic carbocycles. The molecule has 7 nitrogen and oxygen atoms in total. The second kappa shape index (κ2) is 9.84. The van der Waals surface area contributed by atoms with E-state index in [1.54, 1.807) is 36.4 Å². The Morgan fingerprint density at radius 3 is 2.46 bits per heavy atom. The van der Waals surface area contributed by atoms with E-state index >= 15 is 0 Å². The number of hydrogen-bond donors (Lipinski definition) is 1. The molecule has 0 bridgehead atoms. The first kappa shape index (κ1) is 19.8. The minimum absolute atomic E-state index is 0.0291. The second-order valence-corrected chi connectivity index (χ2v) is 6.00. The Labute approximate surface area is 159 Å². The Balaban J connectivity index is 1.96. The first-order chi connectivity index (χ1) is 12.5. The number of nitrogens with one attached hydrogen (secondary N) is 1. The molecule has 0 atom stereocenters. The fourth-order valence-corrected chi connectivity index (χ4v) is 2.63. The number of rotatable bonds is 9. The van der Waals surface area contributed by atoms with Crippen LogP contribution in [0.5, 0.6) is 0 Å². The Morgan fingerprint density at radius 2 is 1.77 bits per heavy atom. The molecule has 0 heterocycles. The molecule has 0 spiro atoms. The summed E-state index contributed by atoms with van der Waals surface area (Å²) in [6, 6.07) is 12.3. The van der Waals surface area contributed by atoms with Gasteiger partial charge in [0.25, 0.3) is 5.09 Å². The zero-order valence-corrected chi connectivity index (χ0v) is 15.1. The van der Waals surface area contributed by atoms with Gasteiger partial charge >= 0.3 is 5.97 Å².